The van der Waals surface area contributed by atoms with Crippen molar-refractivity contribution in [1.82, 2.24) is 4.90 Å². The Bertz CT molecular complexity index is 324. The van der Waals surface area contributed by atoms with Crippen molar-refractivity contribution < 1.29 is 13.2 Å². The van der Waals surface area contributed by atoms with Crippen molar-refractivity contribution in [2.75, 3.05) is 44.4 Å². The molecule has 0 saturated carbocycles. The molecular formula is C9H18N2O3S. The number of sulfone groups is 1. The zero-order chi connectivity index (χ0) is 10.9. The number of morpholine rings is 1. The molecule has 0 aliphatic carbocycles. The van der Waals surface area contributed by atoms with E-state index in [1.807, 2.05) is 0 Å². The third-order valence-corrected chi connectivity index (χ3v) is 5.23. The Morgan fingerprint density at radius 3 is 2.47 bits per heavy atom. The van der Waals surface area contributed by atoms with Gasteiger partial charge in [0.1, 0.15) is 0 Å². The second kappa shape index (κ2) is 4.01. The van der Waals surface area contributed by atoms with Crippen LogP contribution < -0.4 is 5.73 Å². The quantitative estimate of drug-likeness (QED) is 0.652. The Kier molecular flexibility index (Phi) is 3.03. The molecule has 2 aliphatic rings. The van der Waals surface area contributed by atoms with E-state index in [0.29, 0.717) is 26.2 Å². The number of hydrogen-bond donors (Lipinski definition) is 1. The van der Waals surface area contributed by atoms with Crippen LogP contribution in [0.25, 0.3) is 0 Å². The maximum atomic E-state index is 11.5. The van der Waals surface area contributed by atoms with E-state index < -0.39 is 9.84 Å². The molecule has 2 rings (SSSR count). The molecule has 2 heterocycles. The van der Waals surface area contributed by atoms with Crippen LogP contribution in [0.1, 0.15) is 6.42 Å². The van der Waals surface area contributed by atoms with Gasteiger partial charge in [0.15, 0.2) is 9.84 Å². The predicted octanol–water partition coefficient (Wildman–Crippen LogP) is -1.17. The number of nitrogens with two attached hydrogens (primary N) is 1. The van der Waals surface area contributed by atoms with Crippen LogP contribution in [0.5, 0.6) is 0 Å². The molecule has 5 nitrogen and oxygen atoms in total. The Balaban J connectivity index is 2.15. The van der Waals surface area contributed by atoms with Gasteiger partial charge in [-0.3, -0.25) is 4.90 Å². The normalized spacial score (nSPS) is 36.9. The lowest BCUT2D eigenvalue weighted by atomic mass is 9.96. The van der Waals surface area contributed by atoms with E-state index in [0.717, 1.165) is 13.1 Å². The van der Waals surface area contributed by atoms with Gasteiger partial charge >= 0.3 is 0 Å². The average Bonchev–Trinajstić information content (AvgIpc) is 2.57. The fraction of sp³-hybridized carbons (Fsp3) is 1.00. The van der Waals surface area contributed by atoms with Crippen molar-refractivity contribution in [2.45, 2.75) is 12.0 Å². The Labute approximate surface area is 90.5 Å². The maximum absolute atomic E-state index is 11.5. The van der Waals surface area contributed by atoms with Crippen LogP contribution >= 0.6 is 0 Å². The summed E-state index contributed by atoms with van der Waals surface area (Å²) < 4.78 is 28.3. The third kappa shape index (κ3) is 2.18. The average molecular weight is 234 g/mol. The fourth-order valence-corrected chi connectivity index (χ4v) is 4.58. The molecule has 2 saturated heterocycles. The van der Waals surface area contributed by atoms with Crippen LogP contribution in [0.3, 0.4) is 0 Å². The Morgan fingerprint density at radius 2 is 2.00 bits per heavy atom. The van der Waals surface area contributed by atoms with Crippen molar-refractivity contribution in [3.8, 4) is 0 Å². The van der Waals surface area contributed by atoms with Crippen molar-refractivity contribution in [3.63, 3.8) is 0 Å². The standard InChI is InChI=1S/C9H18N2O3S/c10-7-9(1-6-15(12,13)8-9)11-2-4-14-5-3-11/h1-8,10H2. The SMILES string of the molecule is NCC1(N2CCOCC2)CCS(=O)(=O)C1. The van der Waals surface area contributed by atoms with Gasteiger partial charge in [-0.15, -0.1) is 0 Å². The summed E-state index contributed by atoms with van der Waals surface area (Å²) in [5.41, 5.74) is 5.46. The number of nitrogens with zero attached hydrogens (tertiary/aromatic N) is 1. The molecule has 0 aromatic carbocycles. The van der Waals surface area contributed by atoms with Gasteiger partial charge in [0.2, 0.25) is 0 Å². The zero-order valence-corrected chi connectivity index (χ0v) is 9.63. The van der Waals surface area contributed by atoms with Gasteiger partial charge in [-0.05, 0) is 6.42 Å². The molecule has 2 fully saturated rings. The first-order chi connectivity index (χ1) is 7.08. The molecule has 0 radical (unpaired) electrons. The highest BCUT2D eigenvalue weighted by molar-refractivity contribution is 7.91. The molecule has 1 atom stereocenters. The minimum Gasteiger partial charge on any atom is -0.379 e. The van der Waals surface area contributed by atoms with Crippen molar-refractivity contribution in [1.29, 1.82) is 0 Å². The summed E-state index contributed by atoms with van der Waals surface area (Å²) in [6, 6.07) is 0. The molecule has 2 aliphatic heterocycles. The van der Waals surface area contributed by atoms with Crippen LogP contribution in [0, 0.1) is 0 Å². The minimum absolute atomic E-state index is 0.219. The summed E-state index contributed by atoms with van der Waals surface area (Å²) in [5, 5.41) is 0. The van der Waals surface area contributed by atoms with Gasteiger partial charge in [-0.1, -0.05) is 0 Å². The summed E-state index contributed by atoms with van der Waals surface area (Å²) >= 11 is 0. The topological polar surface area (TPSA) is 72.6 Å². The van der Waals surface area contributed by atoms with Crippen LogP contribution in [-0.2, 0) is 14.6 Å². The molecule has 0 aromatic heterocycles. The fourth-order valence-electron chi connectivity index (χ4n) is 2.48. The molecule has 2 N–H and O–H groups in total. The van der Waals surface area contributed by atoms with Gasteiger partial charge in [0.05, 0.1) is 24.7 Å². The smallest absolute Gasteiger partial charge is 0.152 e. The lowest BCUT2D eigenvalue weighted by Crippen LogP contribution is -2.58. The summed E-state index contributed by atoms with van der Waals surface area (Å²) in [7, 11) is -2.88. The minimum atomic E-state index is -2.88. The monoisotopic (exact) mass is 234 g/mol. The van der Waals surface area contributed by atoms with Gasteiger partial charge in [-0.25, -0.2) is 8.42 Å². The third-order valence-electron chi connectivity index (χ3n) is 3.43. The van der Waals surface area contributed by atoms with Gasteiger partial charge in [-0.2, -0.15) is 0 Å². The molecule has 15 heavy (non-hydrogen) atoms. The lowest BCUT2D eigenvalue weighted by Gasteiger charge is -2.41. The van der Waals surface area contributed by atoms with Gasteiger partial charge in [0, 0.05) is 25.2 Å². The van der Waals surface area contributed by atoms with E-state index in [9.17, 15) is 8.42 Å². The summed E-state index contributed by atoms with van der Waals surface area (Å²) in [6.45, 7) is 3.38. The molecule has 1 unspecified atom stereocenters. The van der Waals surface area contributed by atoms with E-state index in [1.165, 1.54) is 0 Å². The number of hydrogen-bond acceptors (Lipinski definition) is 5. The van der Waals surface area contributed by atoms with Crippen LogP contribution in [0.15, 0.2) is 0 Å². The van der Waals surface area contributed by atoms with Gasteiger partial charge in [0.25, 0.3) is 0 Å². The lowest BCUT2D eigenvalue weighted by molar-refractivity contribution is -0.0107. The van der Waals surface area contributed by atoms with E-state index in [2.05, 4.69) is 4.90 Å². The van der Waals surface area contributed by atoms with E-state index in [1.54, 1.807) is 0 Å². The second-order valence-corrected chi connectivity index (χ2v) is 6.55. The summed E-state index contributed by atoms with van der Waals surface area (Å²) in [5.74, 6) is 0.498. The van der Waals surface area contributed by atoms with Crippen molar-refractivity contribution in [2.24, 2.45) is 5.73 Å². The Morgan fingerprint density at radius 1 is 1.33 bits per heavy atom. The van der Waals surface area contributed by atoms with E-state index in [4.69, 9.17) is 10.5 Å². The van der Waals surface area contributed by atoms with Crippen molar-refractivity contribution in [3.05, 3.63) is 0 Å². The molecule has 88 valence electrons. The highest BCUT2D eigenvalue weighted by atomic mass is 32.2. The molecule has 0 aromatic rings. The molecule has 0 bridgehead atoms. The Hall–Kier alpha value is -0.170. The molecule has 0 amide bonds. The molecule has 6 heteroatoms. The maximum Gasteiger partial charge on any atom is 0.152 e. The first-order valence-electron chi connectivity index (χ1n) is 5.31. The summed E-state index contributed by atoms with van der Waals surface area (Å²) in [6.07, 6.45) is 0.672. The van der Waals surface area contributed by atoms with E-state index in [-0.39, 0.29) is 17.0 Å². The number of ether oxygens (including phenoxy) is 1. The van der Waals surface area contributed by atoms with Crippen LogP contribution in [0.2, 0.25) is 0 Å². The molecular weight excluding hydrogens is 216 g/mol. The zero-order valence-electron chi connectivity index (χ0n) is 8.81. The second-order valence-electron chi connectivity index (χ2n) is 4.37. The highest BCUT2D eigenvalue weighted by Gasteiger charge is 2.45. The van der Waals surface area contributed by atoms with Crippen molar-refractivity contribution >= 4 is 9.84 Å². The largest absolute Gasteiger partial charge is 0.379 e. The summed E-state index contributed by atoms with van der Waals surface area (Å²) in [4.78, 5) is 2.20. The highest BCUT2D eigenvalue weighted by Crippen LogP contribution is 2.29. The van der Waals surface area contributed by atoms with Crippen LogP contribution in [-0.4, -0.2) is 63.2 Å². The number of rotatable bonds is 2. The predicted molar refractivity (Wildman–Crippen MR) is 57.4 cm³/mol. The molecule has 0 spiro atoms. The van der Waals surface area contributed by atoms with Gasteiger partial charge < -0.3 is 10.5 Å². The first-order valence-corrected chi connectivity index (χ1v) is 7.13. The first kappa shape index (κ1) is 11.3. The van der Waals surface area contributed by atoms with E-state index >= 15 is 0 Å². The van der Waals surface area contributed by atoms with Crippen LogP contribution in [0.4, 0.5) is 0 Å².